The Labute approximate surface area is 222 Å². The zero-order valence-corrected chi connectivity index (χ0v) is 21.8. The molecular weight excluding hydrogens is 482 g/mol. The lowest BCUT2D eigenvalue weighted by Gasteiger charge is -2.29. The van der Waals surface area contributed by atoms with Crippen LogP contribution in [0.2, 0.25) is 0 Å². The molecule has 1 amide bonds. The molecule has 37 heavy (non-hydrogen) atoms. The van der Waals surface area contributed by atoms with E-state index in [0.29, 0.717) is 23.0 Å². The molecule has 1 aliphatic heterocycles. The molecule has 3 heterocycles. The first-order valence-corrected chi connectivity index (χ1v) is 12.6. The van der Waals surface area contributed by atoms with Gasteiger partial charge in [-0.05, 0) is 67.7 Å². The van der Waals surface area contributed by atoms with E-state index in [1.165, 1.54) is 5.56 Å². The molecule has 2 aromatic heterocycles. The summed E-state index contributed by atoms with van der Waals surface area (Å²) in [7, 11) is 1.60. The molecule has 2 atom stereocenters. The number of methoxy groups -OCH3 is 1. The van der Waals surface area contributed by atoms with Crippen LogP contribution in [0.25, 0.3) is 5.69 Å². The number of hydrogen-bond acceptors (Lipinski definition) is 4. The Morgan fingerprint density at radius 3 is 2.57 bits per heavy atom. The van der Waals surface area contributed by atoms with Crippen LogP contribution >= 0.6 is 12.2 Å². The van der Waals surface area contributed by atoms with Gasteiger partial charge in [0, 0.05) is 41.9 Å². The third-order valence-corrected chi connectivity index (χ3v) is 6.87. The number of carbonyl (C=O) groups excluding carboxylic acids is 1. The lowest BCUT2D eigenvalue weighted by atomic mass is 10.0. The molecular formula is C29H29N5O2S. The normalized spacial score (nSPS) is 16.9. The standard InChI is InChI=1S/C29H29N5O2S/c1-4-26(35)31-22-15-14-21(18-25(22)36-3)34-28(27(32-29(34)37)23-8-5-6-16-30-23)24-9-7-17-33(24)20-12-10-19(2)11-13-20/h5-18,27-28H,4H2,1-3H3,(H,31,35)(H,32,37)/t27-,28+/m1/s1. The van der Waals surface area contributed by atoms with Crippen LogP contribution < -0.4 is 20.3 Å². The maximum absolute atomic E-state index is 12.0. The lowest BCUT2D eigenvalue weighted by molar-refractivity contribution is -0.115. The van der Waals surface area contributed by atoms with E-state index in [1.807, 2.05) is 49.4 Å². The highest BCUT2D eigenvalue weighted by Gasteiger charge is 2.42. The van der Waals surface area contributed by atoms with Crippen molar-refractivity contribution < 1.29 is 9.53 Å². The molecule has 5 rings (SSSR count). The highest BCUT2D eigenvalue weighted by Crippen LogP contribution is 2.43. The molecule has 0 bridgehead atoms. The van der Waals surface area contributed by atoms with Crippen LogP contribution in [0.1, 0.15) is 42.4 Å². The number of rotatable bonds is 7. The van der Waals surface area contributed by atoms with Crippen LogP contribution in [0, 0.1) is 6.92 Å². The van der Waals surface area contributed by atoms with Crippen molar-refractivity contribution >= 4 is 34.6 Å². The van der Waals surface area contributed by atoms with Crippen LogP contribution in [-0.4, -0.2) is 27.7 Å². The molecule has 8 heteroatoms. The van der Waals surface area contributed by atoms with Crippen molar-refractivity contribution in [3.05, 3.63) is 102 Å². The molecule has 2 aromatic carbocycles. The van der Waals surface area contributed by atoms with Gasteiger partial charge >= 0.3 is 0 Å². The van der Waals surface area contributed by atoms with Crippen LogP contribution in [0.3, 0.4) is 0 Å². The average molecular weight is 512 g/mol. The number of thiocarbonyl (C=S) groups is 1. The summed E-state index contributed by atoms with van der Waals surface area (Å²) in [4.78, 5) is 18.8. The van der Waals surface area contributed by atoms with Crippen LogP contribution in [0.4, 0.5) is 11.4 Å². The predicted octanol–water partition coefficient (Wildman–Crippen LogP) is 5.71. The SMILES string of the molecule is CCC(=O)Nc1ccc(N2C(=S)N[C@H](c3ccccn3)[C@@H]2c2cccn2-c2ccc(C)cc2)cc1OC. The molecule has 0 aliphatic carbocycles. The molecule has 1 saturated heterocycles. The minimum Gasteiger partial charge on any atom is -0.494 e. The maximum Gasteiger partial charge on any atom is 0.224 e. The van der Waals surface area contributed by atoms with Crippen molar-refractivity contribution in [1.29, 1.82) is 0 Å². The summed E-state index contributed by atoms with van der Waals surface area (Å²) in [5, 5.41) is 7.00. The quantitative estimate of drug-likeness (QED) is 0.310. The topological polar surface area (TPSA) is 71.4 Å². The minimum absolute atomic E-state index is 0.0755. The van der Waals surface area contributed by atoms with E-state index >= 15 is 0 Å². The molecule has 2 N–H and O–H groups in total. The number of benzene rings is 2. The number of nitrogens with one attached hydrogen (secondary N) is 2. The second-order valence-electron chi connectivity index (χ2n) is 8.92. The Morgan fingerprint density at radius 1 is 1.08 bits per heavy atom. The van der Waals surface area contributed by atoms with Gasteiger partial charge in [0.2, 0.25) is 5.91 Å². The summed E-state index contributed by atoms with van der Waals surface area (Å²) in [6, 6.07) is 23.9. The molecule has 1 aliphatic rings. The summed E-state index contributed by atoms with van der Waals surface area (Å²) in [5.74, 6) is 0.490. The first-order valence-electron chi connectivity index (χ1n) is 12.2. The Morgan fingerprint density at radius 2 is 1.86 bits per heavy atom. The summed E-state index contributed by atoms with van der Waals surface area (Å²) in [6.45, 7) is 3.90. The van der Waals surface area contributed by atoms with Crippen LogP contribution in [-0.2, 0) is 4.79 Å². The van der Waals surface area contributed by atoms with E-state index in [1.54, 1.807) is 13.3 Å². The number of anilines is 2. The van der Waals surface area contributed by atoms with Gasteiger partial charge in [0.25, 0.3) is 0 Å². The number of pyridine rings is 1. The number of carbonyl (C=O) groups is 1. The number of hydrogen-bond donors (Lipinski definition) is 2. The fourth-order valence-electron chi connectivity index (χ4n) is 4.68. The molecule has 1 fully saturated rings. The third kappa shape index (κ3) is 4.80. The molecule has 0 unspecified atom stereocenters. The van der Waals surface area contributed by atoms with E-state index in [0.717, 1.165) is 22.8 Å². The maximum atomic E-state index is 12.0. The summed E-state index contributed by atoms with van der Waals surface area (Å²) >= 11 is 5.90. The van der Waals surface area contributed by atoms with Gasteiger partial charge in [-0.3, -0.25) is 9.78 Å². The van der Waals surface area contributed by atoms with Crippen molar-refractivity contribution in [2.45, 2.75) is 32.4 Å². The number of aryl methyl sites for hydroxylation is 1. The molecule has 0 saturated carbocycles. The zero-order valence-electron chi connectivity index (χ0n) is 21.0. The first-order chi connectivity index (χ1) is 18.0. The van der Waals surface area contributed by atoms with Crippen molar-refractivity contribution in [2.75, 3.05) is 17.3 Å². The summed E-state index contributed by atoms with van der Waals surface area (Å²) < 4.78 is 7.84. The fraction of sp³-hybridized carbons (Fsp3) is 0.207. The van der Waals surface area contributed by atoms with Crippen LogP contribution in [0.5, 0.6) is 5.75 Å². The summed E-state index contributed by atoms with van der Waals surface area (Å²) in [6.07, 6.45) is 4.25. The van der Waals surface area contributed by atoms with E-state index < -0.39 is 0 Å². The highest BCUT2D eigenvalue weighted by molar-refractivity contribution is 7.80. The zero-order chi connectivity index (χ0) is 25.9. The highest BCUT2D eigenvalue weighted by atomic mass is 32.1. The van der Waals surface area contributed by atoms with Gasteiger partial charge < -0.3 is 24.8 Å². The van der Waals surface area contributed by atoms with Crippen molar-refractivity contribution in [3.8, 4) is 11.4 Å². The lowest BCUT2D eigenvalue weighted by Crippen LogP contribution is -2.30. The van der Waals surface area contributed by atoms with Gasteiger partial charge in [-0.25, -0.2) is 0 Å². The van der Waals surface area contributed by atoms with Gasteiger partial charge in [0.05, 0.1) is 24.5 Å². The monoisotopic (exact) mass is 511 g/mol. The third-order valence-electron chi connectivity index (χ3n) is 6.55. The van der Waals surface area contributed by atoms with Gasteiger partial charge in [-0.15, -0.1) is 0 Å². The second kappa shape index (κ2) is 10.4. The van der Waals surface area contributed by atoms with Crippen molar-refractivity contribution in [3.63, 3.8) is 0 Å². The Hall–Kier alpha value is -4.17. The van der Waals surface area contributed by atoms with E-state index in [9.17, 15) is 4.79 Å². The number of amides is 1. The number of nitrogens with zero attached hydrogens (tertiary/aromatic N) is 3. The minimum atomic E-state index is -0.195. The van der Waals surface area contributed by atoms with E-state index in [2.05, 4.69) is 68.5 Å². The van der Waals surface area contributed by atoms with Gasteiger partial charge in [-0.1, -0.05) is 30.7 Å². The molecule has 0 radical (unpaired) electrons. The van der Waals surface area contributed by atoms with Crippen molar-refractivity contribution in [2.24, 2.45) is 0 Å². The van der Waals surface area contributed by atoms with Gasteiger partial charge in [-0.2, -0.15) is 0 Å². The molecule has 7 nitrogen and oxygen atoms in total. The van der Waals surface area contributed by atoms with E-state index in [4.69, 9.17) is 17.0 Å². The fourth-order valence-corrected chi connectivity index (χ4v) is 5.03. The Balaban J connectivity index is 1.62. The smallest absolute Gasteiger partial charge is 0.224 e. The van der Waals surface area contributed by atoms with Crippen LogP contribution in [0.15, 0.2) is 85.2 Å². The Bertz CT molecular complexity index is 1420. The average Bonchev–Trinajstić information content (AvgIpc) is 3.54. The van der Waals surface area contributed by atoms with Crippen molar-refractivity contribution in [1.82, 2.24) is 14.9 Å². The Kier molecular flexibility index (Phi) is 6.92. The van der Waals surface area contributed by atoms with Gasteiger partial charge in [0.1, 0.15) is 11.8 Å². The second-order valence-corrected chi connectivity index (χ2v) is 9.31. The van der Waals surface area contributed by atoms with Gasteiger partial charge in [0.15, 0.2) is 5.11 Å². The largest absolute Gasteiger partial charge is 0.494 e. The molecule has 4 aromatic rings. The number of ether oxygens (including phenoxy) is 1. The molecule has 0 spiro atoms. The number of aromatic nitrogens is 2. The predicted molar refractivity (Wildman–Crippen MR) is 150 cm³/mol. The molecule has 188 valence electrons. The first kappa shape index (κ1) is 24.5. The summed E-state index contributed by atoms with van der Waals surface area (Å²) in [5.41, 5.74) is 5.71. The van der Waals surface area contributed by atoms with E-state index in [-0.39, 0.29) is 18.0 Å².